The third kappa shape index (κ3) is 5.54. The molecule has 2 nitrogen and oxygen atoms in total. The highest BCUT2D eigenvalue weighted by Crippen LogP contribution is 2.41. The van der Waals surface area contributed by atoms with Crippen LogP contribution < -0.4 is 0 Å². The van der Waals surface area contributed by atoms with Gasteiger partial charge in [-0.2, -0.15) is 0 Å². The van der Waals surface area contributed by atoms with E-state index >= 15 is 0 Å². The molecule has 0 aliphatic carbocycles. The fourth-order valence-electron chi connectivity index (χ4n) is 2.84. The molecule has 0 saturated heterocycles. The van der Waals surface area contributed by atoms with E-state index in [2.05, 4.69) is 41.5 Å². The summed E-state index contributed by atoms with van der Waals surface area (Å²) in [4.78, 5) is 11.4. The lowest BCUT2D eigenvalue weighted by atomic mass is 9.68. The van der Waals surface area contributed by atoms with Gasteiger partial charge < -0.3 is 4.74 Å². The molecule has 0 spiro atoms. The van der Waals surface area contributed by atoms with Crippen LogP contribution in [0.3, 0.4) is 0 Å². The summed E-state index contributed by atoms with van der Waals surface area (Å²) in [6.45, 7) is 15.0. The summed E-state index contributed by atoms with van der Waals surface area (Å²) in [5, 5.41) is 0. The summed E-state index contributed by atoms with van der Waals surface area (Å²) in [7, 11) is 0. The zero-order valence-electron chi connectivity index (χ0n) is 14.1. The molecule has 0 aliphatic heterocycles. The molecule has 0 fully saturated rings. The van der Waals surface area contributed by atoms with Gasteiger partial charge in [-0.25, -0.2) is 0 Å². The van der Waals surface area contributed by atoms with Gasteiger partial charge in [-0.15, -0.1) is 0 Å². The highest BCUT2D eigenvalue weighted by Gasteiger charge is 2.39. The van der Waals surface area contributed by atoms with Gasteiger partial charge in [-0.1, -0.05) is 60.8 Å². The first-order chi connectivity index (χ1) is 8.81. The lowest BCUT2D eigenvalue weighted by Gasteiger charge is -2.42. The summed E-state index contributed by atoms with van der Waals surface area (Å²) in [5.74, 6) is 1.04. The zero-order valence-corrected chi connectivity index (χ0v) is 14.1. The van der Waals surface area contributed by atoms with E-state index in [1.165, 1.54) is 19.8 Å². The molecular formula is C17H34O2. The Kier molecular flexibility index (Phi) is 8.36. The van der Waals surface area contributed by atoms with Crippen LogP contribution in [0.1, 0.15) is 80.6 Å². The fraction of sp³-hybridized carbons (Fsp3) is 0.941. The fourth-order valence-corrected chi connectivity index (χ4v) is 2.84. The van der Waals surface area contributed by atoms with Crippen molar-refractivity contribution in [3.63, 3.8) is 0 Å². The second kappa shape index (κ2) is 8.60. The molecule has 0 bridgehead atoms. The van der Waals surface area contributed by atoms with E-state index in [4.69, 9.17) is 4.74 Å². The van der Waals surface area contributed by atoms with E-state index in [9.17, 15) is 4.79 Å². The smallest absolute Gasteiger partial charge is 0.302 e. The second-order valence-corrected chi connectivity index (χ2v) is 6.40. The maximum absolute atomic E-state index is 11.4. The van der Waals surface area contributed by atoms with Crippen LogP contribution in [0.5, 0.6) is 0 Å². The number of carbonyl (C=O) groups excluding carboxylic acids is 1. The van der Waals surface area contributed by atoms with E-state index in [-0.39, 0.29) is 17.5 Å². The van der Waals surface area contributed by atoms with Gasteiger partial charge >= 0.3 is 5.97 Å². The average molecular weight is 270 g/mol. The highest BCUT2D eigenvalue weighted by atomic mass is 16.5. The Labute approximate surface area is 120 Å². The van der Waals surface area contributed by atoms with Crippen molar-refractivity contribution in [3.05, 3.63) is 0 Å². The van der Waals surface area contributed by atoms with Crippen molar-refractivity contribution in [2.24, 2.45) is 17.3 Å². The topological polar surface area (TPSA) is 26.3 Å². The predicted molar refractivity (Wildman–Crippen MR) is 82.1 cm³/mol. The molecule has 0 saturated carbocycles. The third-order valence-electron chi connectivity index (χ3n) is 4.97. The Hall–Kier alpha value is -0.530. The Morgan fingerprint density at radius 1 is 1.21 bits per heavy atom. The number of carbonyl (C=O) groups is 1. The average Bonchev–Trinajstić information content (AvgIpc) is 2.36. The van der Waals surface area contributed by atoms with E-state index in [0.29, 0.717) is 11.8 Å². The SMILES string of the molecule is CCCC(C)C(C)(CC)C(CC(C)CC)OC(C)=O. The van der Waals surface area contributed by atoms with E-state index in [1.807, 2.05) is 0 Å². The summed E-state index contributed by atoms with van der Waals surface area (Å²) in [5.41, 5.74) is 0.0884. The van der Waals surface area contributed by atoms with Crippen LogP contribution >= 0.6 is 0 Å². The molecule has 0 aromatic rings. The Balaban J connectivity index is 5.08. The molecule has 114 valence electrons. The minimum Gasteiger partial charge on any atom is -0.462 e. The summed E-state index contributed by atoms with van der Waals surface area (Å²) in [6.07, 6.45) is 5.61. The van der Waals surface area contributed by atoms with Crippen molar-refractivity contribution in [2.75, 3.05) is 0 Å². The van der Waals surface area contributed by atoms with Gasteiger partial charge in [0.25, 0.3) is 0 Å². The van der Waals surface area contributed by atoms with Crippen LogP contribution in [0.15, 0.2) is 0 Å². The molecule has 0 rings (SSSR count). The van der Waals surface area contributed by atoms with Crippen molar-refractivity contribution in [3.8, 4) is 0 Å². The molecule has 0 N–H and O–H groups in total. The molecule has 19 heavy (non-hydrogen) atoms. The van der Waals surface area contributed by atoms with Crippen molar-refractivity contribution in [1.82, 2.24) is 0 Å². The Morgan fingerprint density at radius 3 is 2.16 bits per heavy atom. The monoisotopic (exact) mass is 270 g/mol. The maximum atomic E-state index is 11.4. The van der Waals surface area contributed by atoms with Crippen LogP contribution in [0.2, 0.25) is 0 Å². The van der Waals surface area contributed by atoms with Gasteiger partial charge in [0, 0.05) is 12.3 Å². The lowest BCUT2D eigenvalue weighted by molar-refractivity contribution is -0.158. The molecule has 2 heteroatoms. The van der Waals surface area contributed by atoms with Crippen molar-refractivity contribution in [2.45, 2.75) is 86.7 Å². The Morgan fingerprint density at radius 2 is 1.79 bits per heavy atom. The number of ether oxygens (including phenoxy) is 1. The first-order valence-corrected chi connectivity index (χ1v) is 7.98. The van der Waals surface area contributed by atoms with Crippen LogP contribution in [0, 0.1) is 17.3 Å². The molecule has 0 amide bonds. The minimum atomic E-state index is -0.142. The van der Waals surface area contributed by atoms with E-state index in [0.717, 1.165) is 19.3 Å². The maximum Gasteiger partial charge on any atom is 0.302 e. The molecule has 0 aromatic heterocycles. The number of hydrogen-bond donors (Lipinski definition) is 0. The quantitative estimate of drug-likeness (QED) is 0.538. The first-order valence-electron chi connectivity index (χ1n) is 7.98. The van der Waals surface area contributed by atoms with Crippen LogP contribution in [0.25, 0.3) is 0 Å². The predicted octanol–water partition coefficient (Wildman–Crippen LogP) is 5.21. The van der Waals surface area contributed by atoms with Gasteiger partial charge in [0.1, 0.15) is 6.10 Å². The zero-order chi connectivity index (χ0) is 15.1. The van der Waals surface area contributed by atoms with Gasteiger partial charge in [0.15, 0.2) is 0 Å². The molecule has 4 atom stereocenters. The van der Waals surface area contributed by atoms with E-state index < -0.39 is 0 Å². The molecule has 0 heterocycles. The minimum absolute atomic E-state index is 0.0477. The van der Waals surface area contributed by atoms with Crippen molar-refractivity contribution in [1.29, 1.82) is 0 Å². The molecular weight excluding hydrogens is 236 g/mol. The van der Waals surface area contributed by atoms with Crippen molar-refractivity contribution >= 4 is 5.97 Å². The summed E-state index contributed by atoms with van der Waals surface area (Å²) >= 11 is 0. The van der Waals surface area contributed by atoms with Gasteiger partial charge in [0.05, 0.1) is 0 Å². The highest BCUT2D eigenvalue weighted by molar-refractivity contribution is 5.66. The van der Waals surface area contributed by atoms with Gasteiger partial charge in [0.2, 0.25) is 0 Å². The second-order valence-electron chi connectivity index (χ2n) is 6.40. The lowest BCUT2D eigenvalue weighted by Crippen LogP contribution is -2.41. The Bertz CT molecular complexity index is 262. The summed E-state index contributed by atoms with van der Waals surface area (Å²) in [6, 6.07) is 0. The van der Waals surface area contributed by atoms with Crippen LogP contribution in [-0.2, 0) is 9.53 Å². The van der Waals surface area contributed by atoms with Gasteiger partial charge in [-0.3, -0.25) is 4.79 Å². The standard InChI is InChI=1S/C17H34O2/c1-8-11-14(5)17(7,10-3)16(19-15(6)18)12-13(4)9-2/h13-14,16H,8-12H2,1-7H3. The van der Waals surface area contributed by atoms with Crippen molar-refractivity contribution < 1.29 is 9.53 Å². The molecule has 4 unspecified atom stereocenters. The van der Waals surface area contributed by atoms with Gasteiger partial charge in [-0.05, 0) is 24.7 Å². The molecule has 0 aliphatic rings. The summed E-state index contributed by atoms with van der Waals surface area (Å²) < 4.78 is 5.71. The first kappa shape index (κ1) is 18.5. The largest absolute Gasteiger partial charge is 0.462 e. The van der Waals surface area contributed by atoms with Crippen LogP contribution in [0.4, 0.5) is 0 Å². The number of hydrogen-bond acceptors (Lipinski definition) is 2. The number of rotatable bonds is 9. The molecule has 0 radical (unpaired) electrons. The molecule has 0 aromatic carbocycles. The van der Waals surface area contributed by atoms with Crippen LogP contribution in [-0.4, -0.2) is 12.1 Å². The van der Waals surface area contributed by atoms with E-state index in [1.54, 1.807) is 0 Å². The number of esters is 1. The normalized spacial score (nSPS) is 19.3. The third-order valence-corrected chi connectivity index (χ3v) is 4.97.